The third kappa shape index (κ3) is 4.92. The van der Waals surface area contributed by atoms with Crippen molar-refractivity contribution in [2.24, 2.45) is 0 Å². The largest absolute Gasteiger partial charge is 0.490 e. The first kappa shape index (κ1) is 22.9. The molecule has 0 aromatic heterocycles. The number of carboxylic acid groups (broad SMARTS) is 1. The lowest BCUT2D eigenvalue weighted by Crippen LogP contribution is -2.44. The molecule has 2 unspecified atom stereocenters. The van der Waals surface area contributed by atoms with Gasteiger partial charge >= 0.3 is 18.2 Å². The summed E-state index contributed by atoms with van der Waals surface area (Å²) < 4.78 is 22.1. The van der Waals surface area contributed by atoms with Gasteiger partial charge in [0.1, 0.15) is 29.1 Å². The zero-order valence-electron chi connectivity index (χ0n) is 18.7. The summed E-state index contributed by atoms with van der Waals surface area (Å²) in [6.07, 6.45) is -1.49. The minimum Gasteiger partial charge on any atom is -0.490 e. The van der Waals surface area contributed by atoms with E-state index in [1.807, 2.05) is 0 Å². The normalized spacial score (nSPS) is 20.2. The quantitative estimate of drug-likeness (QED) is 0.731. The summed E-state index contributed by atoms with van der Waals surface area (Å²) >= 11 is 0. The summed E-state index contributed by atoms with van der Waals surface area (Å²) in [7, 11) is 0. The molecule has 0 aliphatic carbocycles. The number of hydrogen-bond donors (Lipinski definition) is 1. The Labute approximate surface area is 181 Å². The molecule has 1 N–H and O–H groups in total. The van der Waals surface area contributed by atoms with Gasteiger partial charge in [0.05, 0.1) is 11.8 Å². The molecule has 0 radical (unpaired) electrons. The summed E-state index contributed by atoms with van der Waals surface area (Å²) in [5.41, 5.74) is -1.62. The van der Waals surface area contributed by atoms with Crippen molar-refractivity contribution in [2.45, 2.75) is 71.2 Å². The van der Waals surface area contributed by atoms with Crippen molar-refractivity contribution in [1.82, 2.24) is 0 Å². The lowest BCUT2D eigenvalue weighted by molar-refractivity contribution is 0.0427. The second-order valence-electron chi connectivity index (χ2n) is 9.59. The maximum absolute atomic E-state index is 13.0. The number of amides is 2. The molecule has 0 spiro atoms. The van der Waals surface area contributed by atoms with Crippen molar-refractivity contribution in [2.75, 3.05) is 18.1 Å². The summed E-state index contributed by atoms with van der Waals surface area (Å²) in [6.45, 7) is 10.6. The zero-order chi connectivity index (χ0) is 23.1. The maximum atomic E-state index is 13.0. The molecule has 2 atom stereocenters. The zero-order valence-corrected chi connectivity index (χ0v) is 18.7. The molecule has 9 heteroatoms. The summed E-state index contributed by atoms with van der Waals surface area (Å²) in [5, 5.41) is 10.00. The van der Waals surface area contributed by atoms with Crippen molar-refractivity contribution in [3.8, 4) is 5.75 Å². The van der Waals surface area contributed by atoms with E-state index in [4.69, 9.17) is 18.9 Å². The molecule has 1 aromatic rings. The number of carbonyl (C=O) groups excluding carboxylic acids is 2. The minimum atomic E-state index is -1.33. The van der Waals surface area contributed by atoms with Gasteiger partial charge in [0, 0.05) is 18.1 Å². The monoisotopic (exact) mass is 435 g/mol. The molecule has 2 amide bonds. The van der Waals surface area contributed by atoms with Crippen LogP contribution in [0.15, 0.2) is 12.1 Å². The highest BCUT2D eigenvalue weighted by Crippen LogP contribution is 2.45. The Bertz CT molecular complexity index is 868. The van der Waals surface area contributed by atoms with Crippen LogP contribution in [-0.2, 0) is 14.2 Å². The summed E-state index contributed by atoms with van der Waals surface area (Å²) in [4.78, 5) is 38.8. The highest BCUT2D eigenvalue weighted by atomic mass is 16.6. The molecule has 3 rings (SSSR count). The Morgan fingerprint density at radius 1 is 1.03 bits per heavy atom. The van der Waals surface area contributed by atoms with E-state index < -0.39 is 29.4 Å². The number of carboxylic acids is 1. The van der Waals surface area contributed by atoms with Crippen LogP contribution >= 0.6 is 0 Å². The van der Waals surface area contributed by atoms with Crippen LogP contribution in [0.25, 0.3) is 0 Å². The minimum absolute atomic E-state index is 0.00703. The first-order valence-corrected chi connectivity index (χ1v) is 10.2. The van der Waals surface area contributed by atoms with Crippen molar-refractivity contribution in [1.29, 1.82) is 0 Å². The van der Waals surface area contributed by atoms with Gasteiger partial charge in [0.25, 0.3) is 0 Å². The van der Waals surface area contributed by atoms with E-state index in [-0.39, 0.29) is 35.6 Å². The smallest absolute Gasteiger partial charge is 0.424 e. The van der Waals surface area contributed by atoms with Gasteiger partial charge in [-0.1, -0.05) is 6.07 Å². The van der Waals surface area contributed by atoms with Gasteiger partial charge in [-0.05, 0) is 54.0 Å². The Kier molecular flexibility index (Phi) is 5.92. The third-order valence-corrected chi connectivity index (χ3v) is 4.77. The van der Waals surface area contributed by atoms with Crippen LogP contribution in [0.4, 0.5) is 15.3 Å². The SMILES string of the molecule is CC(C)(C)OC(=O)N(C(=O)OC(C)(C)C)c1ccc2c(c1C(=O)O)OCC1OCCC21. The number of fused-ring (bicyclic) bond motifs is 3. The molecule has 0 bridgehead atoms. The van der Waals surface area contributed by atoms with Gasteiger partial charge in [-0.15, -0.1) is 0 Å². The number of hydrogen-bond acceptors (Lipinski definition) is 7. The van der Waals surface area contributed by atoms with Crippen LogP contribution in [0.3, 0.4) is 0 Å². The Morgan fingerprint density at radius 3 is 2.13 bits per heavy atom. The second-order valence-corrected chi connectivity index (χ2v) is 9.59. The van der Waals surface area contributed by atoms with Crippen LogP contribution in [0.5, 0.6) is 5.75 Å². The van der Waals surface area contributed by atoms with Gasteiger partial charge in [0.2, 0.25) is 0 Å². The molecule has 1 saturated heterocycles. The molecule has 1 fully saturated rings. The van der Waals surface area contributed by atoms with E-state index in [0.717, 1.165) is 6.42 Å². The van der Waals surface area contributed by atoms with E-state index in [0.29, 0.717) is 17.1 Å². The molecular formula is C22H29NO8. The van der Waals surface area contributed by atoms with E-state index in [1.165, 1.54) is 6.07 Å². The number of rotatable bonds is 2. The fraction of sp³-hybridized carbons (Fsp3) is 0.591. The predicted octanol–water partition coefficient (Wildman–Crippen LogP) is 4.33. The van der Waals surface area contributed by atoms with Crippen LogP contribution < -0.4 is 9.64 Å². The number of aromatic carboxylic acids is 1. The van der Waals surface area contributed by atoms with Gasteiger partial charge in [-0.3, -0.25) is 0 Å². The Morgan fingerprint density at radius 2 is 1.61 bits per heavy atom. The highest BCUT2D eigenvalue weighted by Gasteiger charge is 2.41. The van der Waals surface area contributed by atoms with E-state index in [2.05, 4.69) is 0 Å². The van der Waals surface area contributed by atoms with E-state index >= 15 is 0 Å². The average molecular weight is 435 g/mol. The molecular weight excluding hydrogens is 406 g/mol. The summed E-state index contributed by atoms with van der Waals surface area (Å²) in [5.74, 6) is -1.21. The number of imide groups is 1. The van der Waals surface area contributed by atoms with Crippen molar-refractivity contribution >= 4 is 23.8 Å². The lowest BCUT2D eigenvalue weighted by Gasteiger charge is -2.32. The lowest BCUT2D eigenvalue weighted by atomic mass is 9.88. The Hall–Kier alpha value is -2.81. The van der Waals surface area contributed by atoms with Crippen molar-refractivity contribution in [3.05, 3.63) is 23.3 Å². The fourth-order valence-corrected chi connectivity index (χ4v) is 3.65. The molecule has 170 valence electrons. The fourth-order valence-electron chi connectivity index (χ4n) is 3.65. The van der Waals surface area contributed by atoms with Gasteiger partial charge in [0.15, 0.2) is 0 Å². The molecule has 2 heterocycles. The number of carbonyl (C=O) groups is 3. The molecule has 1 aromatic carbocycles. The first-order valence-electron chi connectivity index (χ1n) is 10.2. The maximum Gasteiger partial charge on any atom is 0.424 e. The number of anilines is 1. The number of nitrogens with zero attached hydrogens (tertiary/aromatic N) is 1. The second kappa shape index (κ2) is 8.03. The Balaban J connectivity index is 2.13. The summed E-state index contributed by atoms with van der Waals surface area (Å²) in [6, 6.07) is 3.09. The van der Waals surface area contributed by atoms with Gasteiger partial charge in [-0.2, -0.15) is 4.90 Å². The highest BCUT2D eigenvalue weighted by molar-refractivity contribution is 6.14. The number of ether oxygens (including phenoxy) is 4. The van der Waals surface area contributed by atoms with Crippen molar-refractivity contribution in [3.63, 3.8) is 0 Å². The topological polar surface area (TPSA) is 112 Å². The van der Waals surface area contributed by atoms with Crippen LogP contribution in [0.1, 0.15) is 69.8 Å². The number of benzene rings is 1. The average Bonchev–Trinajstić information content (AvgIpc) is 3.06. The molecule has 0 saturated carbocycles. The molecule has 2 aliphatic rings. The van der Waals surface area contributed by atoms with Crippen LogP contribution in [-0.4, -0.2) is 53.8 Å². The molecule has 31 heavy (non-hydrogen) atoms. The third-order valence-electron chi connectivity index (χ3n) is 4.77. The van der Waals surface area contributed by atoms with Gasteiger partial charge < -0.3 is 24.1 Å². The predicted molar refractivity (Wildman–Crippen MR) is 111 cm³/mol. The molecule has 2 aliphatic heterocycles. The standard InChI is InChI=1S/C22H29NO8/c1-21(2,3)30-19(26)23(20(27)31-22(4,5)6)14-8-7-13-12-9-10-28-15(12)11-29-17(13)16(14)18(24)25/h7-8,12,15H,9-11H2,1-6H3,(H,24,25). The van der Waals surface area contributed by atoms with Gasteiger partial charge in [-0.25, -0.2) is 14.4 Å². The molecule has 9 nitrogen and oxygen atoms in total. The van der Waals surface area contributed by atoms with Crippen LogP contribution in [0, 0.1) is 0 Å². The van der Waals surface area contributed by atoms with E-state index in [1.54, 1.807) is 47.6 Å². The van der Waals surface area contributed by atoms with Crippen molar-refractivity contribution < 1.29 is 38.4 Å². The first-order chi connectivity index (χ1) is 14.3. The van der Waals surface area contributed by atoms with Crippen LogP contribution in [0.2, 0.25) is 0 Å². The van der Waals surface area contributed by atoms with E-state index in [9.17, 15) is 19.5 Å².